The van der Waals surface area contributed by atoms with E-state index in [2.05, 4.69) is 10.6 Å². The molecule has 1 unspecified atom stereocenters. The normalized spacial score (nSPS) is 15.8. The molecule has 4 rings (SSSR count). The van der Waals surface area contributed by atoms with Gasteiger partial charge in [-0.25, -0.2) is 21.6 Å². The van der Waals surface area contributed by atoms with Crippen molar-refractivity contribution in [2.45, 2.75) is 56.7 Å². The van der Waals surface area contributed by atoms with E-state index in [1.165, 1.54) is 47.5 Å². The maximum Gasteiger partial charge on any atom is 0.410 e. The van der Waals surface area contributed by atoms with Crippen molar-refractivity contribution in [1.82, 2.24) is 14.2 Å². The number of carbonyl (C=O) groups is 2. The fourth-order valence-electron chi connectivity index (χ4n) is 4.51. The molecule has 1 fully saturated rings. The molecule has 39 heavy (non-hydrogen) atoms. The molecule has 1 aromatic heterocycles. The summed E-state index contributed by atoms with van der Waals surface area (Å²) >= 11 is 0. The van der Waals surface area contributed by atoms with Crippen molar-refractivity contribution >= 4 is 27.7 Å². The van der Waals surface area contributed by atoms with E-state index in [4.69, 9.17) is 4.74 Å². The first-order chi connectivity index (χ1) is 18.4. The minimum atomic E-state index is -4.17. The van der Waals surface area contributed by atoms with E-state index < -0.39 is 39.5 Å². The Morgan fingerprint density at radius 1 is 1.10 bits per heavy atom. The van der Waals surface area contributed by atoms with Gasteiger partial charge in [0.1, 0.15) is 17.5 Å². The van der Waals surface area contributed by atoms with Crippen molar-refractivity contribution in [1.29, 1.82) is 0 Å². The minimum absolute atomic E-state index is 0.0834. The molecule has 0 radical (unpaired) electrons. The number of amides is 2. The third-order valence-electron chi connectivity index (χ3n) is 6.22. The number of nitrogens with one attached hydrogen (secondary N) is 2. The SMILES string of the molecule is CNCc1cc(-c2ccccc2F)n(S(=O)(=O)c2cccc(NC(=O)C3CCCN3C(=O)OC(C)(C)C)c2)c1. The van der Waals surface area contributed by atoms with Crippen LogP contribution >= 0.6 is 0 Å². The standard InChI is InChI=1S/C28H33FN4O5S/c1-28(2,3)38-27(35)32-14-8-13-24(32)26(34)31-20-9-7-10-21(16-20)39(36,37)33-18-19(17-30-4)15-25(33)22-11-5-6-12-23(22)29/h5-7,9-12,15-16,18,24,30H,8,13-14,17H2,1-4H3,(H,31,34). The van der Waals surface area contributed by atoms with Crippen molar-refractivity contribution < 1.29 is 27.1 Å². The third kappa shape index (κ3) is 6.31. The molecule has 11 heteroatoms. The summed E-state index contributed by atoms with van der Waals surface area (Å²) in [5, 5.41) is 5.72. The van der Waals surface area contributed by atoms with E-state index in [0.717, 1.165) is 3.97 Å². The quantitative estimate of drug-likeness (QED) is 0.441. The van der Waals surface area contributed by atoms with Crippen LogP contribution in [0.25, 0.3) is 11.3 Å². The van der Waals surface area contributed by atoms with Crippen LogP contribution in [0.1, 0.15) is 39.2 Å². The Balaban J connectivity index is 1.62. The van der Waals surface area contributed by atoms with Crippen LogP contribution in [0.4, 0.5) is 14.9 Å². The highest BCUT2D eigenvalue weighted by Crippen LogP contribution is 2.30. The molecule has 2 aromatic carbocycles. The zero-order chi connectivity index (χ0) is 28.4. The Hall–Kier alpha value is -3.70. The average Bonchev–Trinajstić information content (AvgIpc) is 3.52. The lowest BCUT2D eigenvalue weighted by Gasteiger charge is -2.28. The predicted octanol–water partition coefficient (Wildman–Crippen LogP) is 4.59. The largest absolute Gasteiger partial charge is 0.444 e. The van der Waals surface area contributed by atoms with Crippen LogP contribution in [0.5, 0.6) is 0 Å². The second-order valence-corrected chi connectivity index (χ2v) is 12.2. The Morgan fingerprint density at radius 3 is 2.54 bits per heavy atom. The van der Waals surface area contributed by atoms with E-state index in [9.17, 15) is 22.4 Å². The minimum Gasteiger partial charge on any atom is -0.444 e. The Labute approximate surface area is 228 Å². The number of halogens is 1. The summed E-state index contributed by atoms with van der Waals surface area (Å²) < 4.78 is 48.7. The number of likely N-dealkylation sites (tertiary alicyclic amines) is 1. The lowest BCUT2D eigenvalue weighted by atomic mass is 10.1. The summed E-state index contributed by atoms with van der Waals surface area (Å²) in [5.74, 6) is -0.979. The van der Waals surface area contributed by atoms with Gasteiger partial charge in [0, 0.05) is 30.5 Å². The molecule has 1 atom stereocenters. The summed E-state index contributed by atoms with van der Waals surface area (Å²) in [6.45, 7) is 6.04. The maximum atomic E-state index is 14.7. The molecule has 9 nitrogen and oxygen atoms in total. The van der Waals surface area contributed by atoms with Gasteiger partial charge in [0.15, 0.2) is 0 Å². The molecule has 1 aliphatic rings. The molecule has 0 aliphatic carbocycles. The van der Waals surface area contributed by atoms with Gasteiger partial charge in [-0.05, 0) is 82.6 Å². The van der Waals surface area contributed by atoms with Crippen LogP contribution in [0.15, 0.2) is 65.7 Å². The molecular weight excluding hydrogens is 523 g/mol. The smallest absolute Gasteiger partial charge is 0.410 e. The maximum absolute atomic E-state index is 14.7. The molecule has 208 valence electrons. The highest BCUT2D eigenvalue weighted by atomic mass is 32.2. The molecule has 2 N–H and O–H groups in total. The summed E-state index contributed by atoms with van der Waals surface area (Å²) in [6.07, 6.45) is 2.00. The van der Waals surface area contributed by atoms with Gasteiger partial charge in [0.05, 0.1) is 10.6 Å². The zero-order valence-corrected chi connectivity index (χ0v) is 23.2. The van der Waals surface area contributed by atoms with Crippen LogP contribution in [0.3, 0.4) is 0 Å². The third-order valence-corrected chi connectivity index (χ3v) is 7.88. The summed E-state index contributed by atoms with van der Waals surface area (Å²) in [4.78, 5) is 27.0. The average molecular weight is 557 g/mol. The Kier molecular flexibility index (Phi) is 8.12. The summed E-state index contributed by atoms with van der Waals surface area (Å²) in [5.41, 5.74) is 0.554. The number of hydrogen-bond acceptors (Lipinski definition) is 6. The van der Waals surface area contributed by atoms with Crippen LogP contribution in [-0.4, -0.2) is 54.5 Å². The van der Waals surface area contributed by atoms with Crippen molar-refractivity contribution in [3.05, 3.63) is 72.2 Å². The van der Waals surface area contributed by atoms with Gasteiger partial charge in [0.25, 0.3) is 10.0 Å². The van der Waals surface area contributed by atoms with Gasteiger partial charge in [-0.2, -0.15) is 0 Å². The molecule has 0 bridgehead atoms. The highest BCUT2D eigenvalue weighted by molar-refractivity contribution is 7.90. The molecule has 0 spiro atoms. The van der Waals surface area contributed by atoms with E-state index in [1.54, 1.807) is 46.0 Å². The van der Waals surface area contributed by atoms with Gasteiger partial charge in [-0.3, -0.25) is 9.69 Å². The topological polar surface area (TPSA) is 110 Å². The highest BCUT2D eigenvalue weighted by Gasteiger charge is 2.36. The van der Waals surface area contributed by atoms with Gasteiger partial charge in [0.2, 0.25) is 5.91 Å². The van der Waals surface area contributed by atoms with Crippen molar-refractivity contribution in [3.63, 3.8) is 0 Å². The van der Waals surface area contributed by atoms with Crippen molar-refractivity contribution in [2.75, 3.05) is 18.9 Å². The number of rotatable bonds is 7. The van der Waals surface area contributed by atoms with Gasteiger partial charge >= 0.3 is 6.09 Å². The van der Waals surface area contributed by atoms with E-state index in [-0.39, 0.29) is 21.8 Å². The van der Waals surface area contributed by atoms with Crippen LogP contribution < -0.4 is 10.6 Å². The number of anilines is 1. The first kappa shape index (κ1) is 28.3. The van der Waals surface area contributed by atoms with Gasteiger partial charge in [-0.15, -0.1) is 0 Å². The fraction of sp³-hybridized carbons (Fsp3) is 0.357. The van der Waals surface area contributed by atoms with Crippen LogP contribution in [-0.2, 0) is 26.1 Å². The number of carbonyl (C=O) groups excluding carboxylic acids is 2. The second-order valence-electron chi connectivity index (χ2n) is 10.4. The van der Waals surface area contributed by atoms with Crippen LogP contribution in [0.2, 0.25) is 0 Å². The molecular formula is C28H33FN4O5S. The first-order valence-corrected chi connectivity index (χ1v) is 14.1. The number of aromatic nitrogens is 1. The van der Waals surface area contributed by atoms with Crippen molar-refractivity contribution in [2.24, 2.45) is 0 Å². The number of benzene rings is 2. The molecule has 1 saturated heterocycles. The summed E-state index contributed by atoms with van der Waals surface area (Å²) in [6, 6.07) is 12.7. The monoisotopic (exact) mass is 556 g/mol. The number of ether oxygens (including phenoxy) is 1. The van der Waals surface area contributed by atoms with Gasteiger partial charge < -0.3 is 15.4 Å². The van der Waals surface area contributed by atoms with E-state index in [1.807, 2.05) is 0 Å². The molecule has 2 amide bonds. The number of nitrogens with zero attached hydrogens (tertiary/aromatic N) is 2. The van der Waals surface area contributed by atoms with Gasteiger partial charge in [-0.1, -0.05) is 18.2 Å². The molecule has 2 heterocycles. The number of hydrogen-bond donors (Lipinski definition) is 2. The second kappa shape index (κ2) is 11.2. The lowest BCUT2D eigenvalue weighted by Crippen LogP contribution is -2.45. The molecule has 3 aromatic rings. The Morgan fingerprint density at radius 2 is 1.85 bits per heavy atom. The van der Waals surface area contributed by atoms with E-state index >= 15 is 0 Å². The fourth-order valence-corrected chi connectivity index (χ4v) is 5.95. The predicted molar refractivity (Wildman–Crippen MR) is 146 cm³/mol. The molecule has 0 saturated carbocycles. The van der Waals surface area contributed by atoms with E-state index in [0.29, 0.717) is 31.5 Å². The van der Waals surface area contributed by atoms with Crippen molar-refractivity contribution in [3.8, 4) is 11.3 Å². The summed E-state index contributed by atoms with van der Waals surface area (Å²) in [7, 11) is -2.44. The Bertz CT molecular complexity index is 1480. The van der Waals surface area contributed by atoms with Crippen LogP contribution in [0, 0.1) is 5.82 Å². The lowest BCUT2D eigenvalue weighted by molar-refractivity contribution is -0.120. The first-order valence-electron chi connectivity index (χ1n) is 12.7. The zero-order valence-electron chi connectivity index (χ0n) is 22.4. The molecule has 1 aliphatic heterocycles.